The molecule has 5 aromatic rings. The highest BCUT2D eigenvalue weighted by molar-refractivity contribution is 6.36. The summed E-state index contributed by atoms with van der Waals surface area (Å²) in [7, 11) is 4.12. The van der Waals surface area contributed by atoms with Gasteiger partial charge < -0.3 is 74.0 Å². The predicted molar refractivity (Wildman–Crippen MR) is 343 cm³/mol. The van der Waals surface area contributed by atoms with Crippen LogP contribution in [0.3, 0.4) is 0 Å². The van der Waals surface area contributed by atoms with E-state index in [1.807, 2.05) is 55.3 Å². The van der Waals surface area contributed by atoms with Crippen molar-refractivity contribution >= 4 is 57.0 Å². The fourth-order valence-corrected chi connectivity index (χ4v) is 12.1. The Morgan fingerprint density at radius 2 is 1.64 bits per heavy atom. The molecule has 0 aliphatic carbocycles. The number of aliphatic hydroxyl groups excluding tert-OH is 1. The number of likely N-dealkylation sites (N-methyl/N-ethyl adjacent to an activating group) is 2. The van der Waals surface area contributed by atoms with Crippen LogP contribution in [0.4, 0.5) is 23.1 Å². The summed E-state index contributed by atoms with van der Waals surface area (Å²) >= 11 is 6.80. The largest absolute Gasteiger partial charge is 0.475 e. The second-order valence-corrected chi connectivity index (χ2v) is 23.2. The summed E-state index contributed by atoms with van der Waals surface area (Å²) in [5, 5.41) is 26.0. The number of pyridine rings is 1. The summed E-state index contributed by atoms with van der Waals surface area (Å²) in [6.45, 7) is 13.1. The number of ether oxygens (including phenoxy) is 6. The number of halogens is 1. The number of aliphatic hydroxyl groups is 1. The maximum Gasteiger partial charge on any atom is 0.318 e. The van der Waals surface area contributed by atoms with Crippen LogP contribution in [0.25, 0.3) is 16.3 Å². The summed E-state index contributed by atoms with van der Waals surface area (Å²) < 4.78 is 35.1. The van der Waals surface area contributed by atoms with Crippen molar-refractivity contribution in [2.45, 2.75) is 95.9 Å². The third-order valence-corrected chi connectivity index (χ3v) is 17.1. The van der Waals surface area contributed by atoms with E-state index in [0.717, 1.165) is 114 Å². The van der Waals surface area contributed by atoms with Crippen LogP contribution in [0.15, 0.2) is 79.1 Å². The monoisotopic (exact) mass is 1230 g/mol. The predicted octanol–water partition coefficient (Wildman–Crippen LogP) is 7.13. The number of hydrogen-bond acceptors (Lipinski definition) is 21. The highest BCUT2D eigenvalue weighted by Crippen LogP contribution is 2.38. The molecule has 1 amide bonds. The number of nitriles is 1. The number of hydrogen-bond donors (Lipinski definition) is 3. The van der Waals surface area contributed by atoms with Crippen molar-refractivity contribution in [1.29, 1.82) is 5.26 Å². The number of piperidine rings is 1. The number of allylic oxidation sites excluding steroid dienone is 1. The Kier molecular flexibility index (Phi) is 25.4. The maximum atomic E-state index is 13.7. The van der Waals surface area contributed by atoms with Gasteiger partial charge in [-0.15, -0.1) is 0 Å². The zero-order valence-electron chi connectivity index (χ0n) is 51.6. The van der Waals surface area contributed by atoms with Crippen molar-refractivity contribution in [3.8, 4) is 18.0 Å². The average Bonchev–Trinajstić information content (AvgIpc) is 3.48. The first-order valence-electron chi connectivity index (χ1n) is 31.4. The molecule has 3 fully saturated rings. The van der Waals surface area contributed by atoms with Gasteiger partial charge in [0, 0.05) is 124 Å². The molecule has 9 rings (SSSR count). The second kappa shape index (κ2) is 34.1. The highest BCUT2D eigenvalue weighted by atomic mass is 35.5. The van der Waals surface area contributed by atoms with Gasteiger partial charge >= 0.3 is 6.01 Å². The molecule has 3 atom stereocenters. The molecular weight excluding hydrogens is 1140 g/mol. The summed E-state index contributed by atoms with van der Waals surface area (Å²) in [5.41, 5.74) is 10.9. The molecule has 474 valence electrons. The van der Waals surface area contributed by atoms with Crippen molar-refractivity contribution < 1.29 is 38.3 Å². The van der Waals surface area contributed by atoms with Crippen molar-refractivity contribution in [2.75, 3.05) is 159 Å². The van der Waals surface area contributed by atoms with E-state index in [-0.39, 0.29) is 31.0 Å². The first kappa shape index (κ1) is 65.5. The van der Waals surface area contributed by atoms with E-state index in [1.54, 1.807) is 18.5 Å². The van der Waals surface area contributed by atoms with Crippen molar-refractivity contribution in [2.24, 2.45) is 5.73 Å². The third kappa shape index (κ3) is 18.3. The van der Waals surface area contributed by atoms with Crippen LogP contribution in [-0.4, -0.2) is 208 Å². The van der Waals surface area contributed by atoms with Crippen LogP contribution in [0.2, 0.25) is 5.02 Å². The molecule has 7 heterocycles. The standard InChI is InChI=1S/C65H89ClN14O8/c1-4-49(42-68)63-72-58(41-59(73-63)79-26-6-5-13-51(79)22-31-81)69-43-48-18-19-60(70-44-48)87-40-39-86-38-37-85-36-35-84-34-33-83-32-30-75(2)24-10-17-61(82)80-29-28-78(45-52(80)20-23-67)64-54-21-27-77(57-16-8-12-50-11-7-15-55(66)62(50)57)46-56(54)71-65(74-64)88-47-53-14-9-25-76(53)3/h7-8,10-12,15-19,41-42,44,51-53,81H,4-6,9,13-14,20-22,24-40,43,45-47,68H2,1-3H3,(H,69,72,73)/b17-10+,49-42-. The molecule has 2 aromatic carbocycles. The fraction of sp³-hybridized carbons (Fsp3) is 0.554. The van der Waals surface area contributed by atoms with E-state index in [4.69, 9.17) is 65.7 Å². The Labute approximate surface area is 523 Å². The van der Waals surface area contributed by atoms with E-state index in [1.165, 1.54) is 0 Å². The summed E-state index contributed by atoms with van der Waals surface area (Å²) in [6, 6.07) is 21.0. The number of anilines is 4. The molecule has 3 saturated heterocycles. The molecule has 4 aliphatic heterocycles. The number of nitrogens with one attached hydrogen (secondary N) is 1. The molecular formula is C65H89ClN14O8. The van der Waals surface area contributed by atoms with Crippen LogP contribution in [0.5, 0.6) is 11.9 Å². The second-order valence-electron chi connectivity index (χ2n) is 22.8. The van der Waals surface area contributed by atoms with Crippen LogP contribution < -0.4 is 35.2 Å². The summed E-state index contributed by atoms with van der Waals surface area (Å²) in [4.78, 5) is 51.1. The zero-order valence-corrected chi connectivity index (χ0v) is 52.3. The Balaban J connectivity index is 0.623. The highest BCUT2D eigenvalue weighted by Gasteiger charge is 2.34. The van der Waals surface area contributed by atoms with E-state index in [2.05, 4.69) is 72.2 Å². The Morgan fingerprint density at radius 3 is 2.36 bits per heavy atom. The lowest BCUT2D eigenvalue weighted by Gasteiger charge is -2.42. The maximum absolute atomic E-state index is 13.7. The molecule has 0 saturated carbocycles. The number of fused-ring (bicyclic) bond motifs is 2. The first-order chi connectivity index (χ1) is 43.1. The minimum absolute atomic E-state index is 0.108. The zero-order chi connectivity index (χ0) is 61.5. The number of nitrogens with two attached hydrogens (primary N) is 1. The molecule has 0 radical (unpaired) electrons. The lowest BCUT2D eigenvalue weighted by atomic mass is 9.99. The molecule has 22 nitrogen and oxygen atoms in total. The van der Waals surface area contributed by atoms with E-state index >= 15 is 0 Å². The molecule has 3 aromatic heterocycles. The van der Waals surface area contributed by atoms with Crippen LogP contribution >= 0.6 is 11.6 Å². The number of aromatic nitrogens is 5. The van der Waals surface area contributed by atoms with Gasteiger partial charge in [-0.3, -0.25) is 4.79 Å². The van der Waals surface area contributed by atoms with Gasteiger partial charge in [-0.25, -0.2) is 15.0 Å². The molecule has 88 heavy (non-hydrogen) atoms. The van der Waals surface area contributed by atoms with Crippen LogP contribution in [-0.2, 0) is 43.3 Å². The minimum Gasteiger partial charge on any atom is -0.475 e. The first-order valence-corrected chi connectivity index (χ1v) is 31.7. The van der Waals surface area contributed by atoms with Crippen LogP contribution in [0, 0.1) is 11.3 Å². The van der Waals surface area contributed by atoms with Gasteiger partial charge in [0.15, 0.2) is 5.82 Å². The average molecular weight is 1230 g/mol. The fourth-order valence-electron chi connectivity index (χ4n) is 11.9. The lowest BCUT2D eigenvalue weighted by Crippen LogP contribution is -2.55. The minimum atomic E-state index is -0.318. The number of rotatable bonds is 33. The van der Waals surface area contributed by atoms with Crippen molar-refractivity contribution in [1.82, 2.24) is 39.6 Å². The normalized spacial score (nSPS) is 18.4. The lowest BCUT2D eigenvalue weighted by molar-refractivity contribution is -0.128. The van der Waals surface area contributed by atoms with Crippen LogP contribution in [0.1, 0.15) is 80.9 Å². The molecule has 0 spiro atoms. The third-order valence-electron chi connectivity index (χ3n) is 16.8. The number of amides is 1. The van der Waals surface area contributed by atoms with Gasteiger partial charge in [-0.2, -0.15) is 15.2 Å². The molecule has 0 bridgehead atoms. The number of carbonyl (C=O) groups excluding carboxylic acids is 1. The quantitative estimate of drug-likeness (QED) is 0.0280. The summed E-state index contributed by atoms with van der Waals surface area (Å²) in [6.07, 6.45) is 14.7. The van der Waals surface area contributed by atoms with E-state index in [0.29, 0.717) is 154 Å². The van der Waals surface area contributed by atoms with Gasteiger partial charge in [0.1, 0.15) is 30.7 Å². The van der Waals surface area contributed by atoms with E-state index in [9.17, 15) is 15.2 Å². The number of carbonyl (C=O) groups is 1. The molecule has 4 N–H and O–H groups in total. The summed E-state index contributed by atoms with van der Waals surface area (Å²) in [5.74, 6) is 3.38. The smallest absolute Gasteiger partial charge is 0.318 e. The van der Waals surface area contributed by atoms with Gasteiger partial charge in [0.05, 0.1) is 88.6 Å². The molecule has 23 heteroatoms. The molecule has 3 unspecified atom stereocenters. The number of likely N-dealkylation sites (tertiary alicyclic amines) is 1. The molecule has 4 aliphatic rings. The van der Waals surface area contributed by atoms with Gasteiger partial charge in [-0.05, 0) is 95.1 Å². The van der Waals surface area contributed by atoms with Crippen molar-refractivity contribution in [3.05, 3.63) is 107 Å². The SMILES string of the molecule is CC/C(=C/N)c1nc(NCc2ccc(OCCOCCOCCOCCOCCN(C)C/C=C/C(=O)N3CCN(c4nc(OCC5CCCN5C)nc5c4CCN(c4cccc6cccc(Cl)c46)C5)CC3CC#N)nc2)cc(N2CCCCC2CCO)n1. The topological polar surface area (TPSA) is 238 Å². The Morgan fingerprint density at radius 1 is 0.864 bits per heavy atom. The van der Waals surface area contributed by atoms with Crippen molar-refractivity contribution in [3.63, 3.8) is 0 Å². The Hall–Kier alpha value is -6.94. The van der Waals surface area contributed by atoms with Gasteiger partial charge in [-0.1, -0.05) is 54.9 Å². The van der Waals surface area contributed by atoms with Gasteiger partial charge in [0.2, 0.25) is 11.8 Å². The number of piperazine rings is 1. The Bertz CT molecular complexity index is 3110. The number of nitrogens with zero attached hydrogens (tertiary/aromatic N) is 12. The van der Waals surface area contributed by atoms with Gasteiger partial charge in [0.25, 0.3) is 0 Å². The van der Waals surface area contributed by atoms with E-state index < -0.39 is 0 Å². The number of benzene rings is 2.